The summed E-state index contributed by atoms with van der Waals surface area (Å²) >= 11 is 0. The lowest BCUT2D eigenvalue weighted by Gasteiger charge is -2.46. The fourth-order valence-electron chi connectivity index (χ4n) is 3.94. The minimum absolute atomic E-state index is 0.0224. The van der Waals surface area contributed by atoms with E-state index in [0.29, 0.717) is 18.7 Å². The molecule has 180 valence electrons. The van der Waals surface area contributed by atoms with Crippen LogP contribution in [0.1, 0.15) is 48.9 Å². The van der Waals surface area contributed by atoms with Gasteiger partial charge in [0.1, 0.15) is 5.69 Å². The number of carbonyl (C=O) groups is 3. The van der Waals surface area contributed by atoms with Gasteiger partial charge in [0, 0.05) is 50.8 Å². The second-order valence-electron chi connectivity index (χ2n) is 10.1. The minimum atomic E-state index is -1.23. The van der Waals surface area contributed by atoms with Crippen LogP contribution in [0.2, 0.25) is 13.1 Å². The van der Waals surface area contributed by atoms with Crippen molar-refractivity contribution < 1.29 is 23.5 Å². The van der Waals surface area contributed by atoms with Crippen LogP contribution >= 0.6 is 0 Å². The number of hydrogen-bond acceptors (Lipinski definition) is 6. The Hall–Kier alpha value is -2.20. The Kier molecular flexibility index (Phi) is 8.64. The number of amides is 2. The van der Waals surface area contributed by atoms with E-state index in [2.05, 4.69) is 49.4 Å². The highest BCUT2D eigenvalue weighted by Crippen LogP contribution is 2.39. The van der Waals surface area contributed by atoms with Gasteiger partial charge in [0.2, 0.25) is 5.91 Å². The van der Waals surface area contributed by atoms with Crippen LogP contribution in [0.4, 0.5) is 4.79 Å². The number of ether oxygens (including phenoxy) is 1. The number of aromatic amines is 1. The first-order chi connectivity index (χ1) is 14.8. The van der Waals surface area contributed by atoms with Crippen molar-refractivity contribution in [3.8, 4) is 0 Å². The number of nitrogens with zero attached hydrogens (tertiary/aromatic N) is 2. The van der Waals surface area contributed by atoms with E-state index >= 15 is 0 Å². The van der Waals surface area contributed by atoms with Crippen molar-refractivity contribution in [2.75, 3.05) is 27.3 Å². The summed E-state index contributed by atoms with van der Waals surface area (Å²) in [5.74, 6) is -0.401. The standard InChI is InChI=1S/C22H38N4O5Si/c1-13-14(9-10-30-21(29)26(5)6)19(25-24-13)17(27)11-16-18(20(28)23-16)15(22(2,3)4)12-31-32(7)8/h15-16,18,32H,9-12H2,1-8H3,(H,23,28)(H,24,25)/t15-,16-,18+/m1/s1. The topological polar surface area (TPSA) is 114 Å². The van der Waals surface area contributed by atoms with Crippen LogP contribution < -0.4 is 5.32 Å². The zero-order valence-corrected chi connectivity index (χ0v) is 21.7. The normalized spacial score (nSPS) is 19.3. The summed E-state index contributed by atoms with van der Waals surface area (Å²) in [6.45, 7) is 13.1. The Bertz CT molecular complexity index is 831. The van der Waals surface area contributed by atoms with Crippen LogP contribution in [-0.2, 0) is 20.4 Å². The minimum Gasteiger partial charge on any atom is -0.449 e. The van der Waals surface area contributed by atoms with Crippen LogP contribution in [0.5, 0.6) is 0 Å². The van der Waals surface area contributed by atoms with Crippen LogP contribution in [-0.4, -0.2) is 75.3 Å². The molecule has 1 aromatic heterocycles. The van der Waals surface area contributed by atoms with Crippen molar-refractivity contribution >= 4 is 26.8 Å². The van der Waals surface area contributed by atoms with Gasteiger partial charge in [-0.25, -0.2) is 4.79 Å². The number of β-lactam (4-membered cyclic amide) rings is 1. The Morgan fingerprint density at radius 1 is 1.25 bits per heavy atom. The second-order valence-corrected chi connectivity index (χ2v) is 12.5. The molecular formula is C22H38N4O5Si. The molecule has 0 spiro atoms. The number of aromatic nitrogens is 2. The number of carbonyl (C=O) groups excluding carboxylic acids is 3. The lowest BCUT2D eigenvalue weighted by molar-refractivity contribution is -0.141. The van der Waals surface area contributed by atoms with Gasteiger partial charge in [0.25, 0.3) is 0 Å². The third-order valence-corrected chi connectivity index (χ3v) is 6.76. The monoisotopic (exact) mass is 466 g/mol. The van der Waals surface area contributed by atoms with Gasteiger partial charge >= 0.3 is 6.09 Å². The lowest BCUT2D eigenvalue weighted by atomic mass is 9.66. The molecule has 0 aliphatic carbocycles. The highest BCUT2D eigenvalue weighted by Gasteiger charge is 2.49. The van der Waals surface area contributed by atoms with Crippen LogP contribution in [0, 0.1) is 24.2 Å². The van der Waals surface area contributed by atoms with E-state index in [0.717, 1.165) is 11.3 Å². The molecule has 0 aromatic carbocycles. The van der Waals surface area contributed by atoms with E-state index in [-0.39, 0.29) is 48.0 Å². The number of H-pyrrole nitrogens is 1. The van der Waals surface area contributed by atoms with E-state index < -0.39 is 15.1 Å². The van der Waals surface area contributed by atoms with Crippen LogP contribution in [0.25, 0.3) is 0 Å². The van der Waals surface area contributed by atoms with E-state index in [9.17, 15) is 14.4 Å². The molecule has 9 nitrogen and oxygen atoms in total. The molecule has 10 heteroatoms. The lowest BCUT2D eigenvalue weighted by Crippen LogP contribution is -2.63. The molecule has 1 aliphatic rings. The highest BCUT2D eigenvalue weighted by molar-refractivity contribution is 6.48. The molecule has 32 heavy (non-hydrogen) atoms. The zero-order valence-electron chi connectivity index (χ0n) is 20.6. The van der Waals surface area contributed by atoms with E-state index in [1.165, 1.54) is 4.90 Å². The summed E-state index contributed by atoms with van der Waals surface area (Å²) in [5, 5.41) is 9.98. The number of ketones is 1. The number of nitrogens with one attached hydrogen (secondary N) is 2. The maximum absolute atomic E-state index is 13.1. The van der Waals surface area contributed by atoms with Crippen LogP contribution in [0.15, 0.2) is 0 Å². The molecule has 0 unspecified atom stereocenters. The van der Waals surface area contributed by atoms with Gasteiger partial charge in [-0.2, -0.15) is 5.10 Å². The van der Waals surface area contributed by atoms with Crippen molar-refractivity contribution in [2.45, 2.75) is 59.7 Å². The summed E-state index contributed by atoms with van der Waals surface area (Å²) < 4.78 is 11.2. The van der Waals surface area contributed by atoms with Crippen molar-refractivity contribution in [1.29, 1.82) is 0 Å². The number of hydrogen-bond donors (Lipinski definition) is 2. The molecule has 3 atom stereocenters. The summed E-state index contributed by atoms with van der Waals surface area (Å²) in [5.41, 5.74) is 1.73. The van der Waals surface area contributed by atoms with Crippen molar-refractivity contribution in [3.05, 3.63) is 17.0 Å². The number of Topliss-reactive ketones (excluding diaryl/α,β-unsaturated/α-hetero) is 1. The largest absolute Gasteiger partial charge is 0.449 e. The average Bonchev–Trinajstić information content (AvgIpc) is 3.03. The molecule has 0 saturated carbocycles. The van der Waals surface area contributed by atoms with E-state index in [4.69, 9.17) is 9.16 Å². The molecule has 2 N–H and O–H groups in total. The zero-order chi connectivity index (χ0) is 24.2. The number of rotatable bonds is 10. The van der Waals surface area contributed by atoms with Crippen LogP contribution in [0.3, 0.4) is 0 Å². The van der Waals surface area contributed by atoms with E-state index in [1.807, 2.05) is 6.92 Å². The SMILES string of the molecule is Cc1[nH]nc(C(=O)C[C@H]2NC(=O)[C@H]2[C@@H](CO[SiH](C)C)C(C)(C)C)c1CCOC(=O)N(C)C. The Morgan fingerprint density at radius 2 is 1.91 bits per heavy atom. The Labute approximate surface area is 192 Å². The summed E-state index contributed by atoms with van der Waals surface area (Å²) in [6.07, 6.45) is 0.136. The predicted molar refractivity (Wildman–Crippen MR) is 124 cm³/mol. The first-order valence-corrected chi connectivity index (χ1v) is 13.9. The van der Waals surface area contributed by atoms with Gasteiger partial charge in [-0.1, -0.05) is 20.8 Å². The van der Waals surface area contributed by atoms with Gasteiger partial charge in [0.15, 0.2) is 14.8 Å². The molecule has 2 heterocycles. The molecule has 0 bridgehead atoms. The third-order valence-electron chi connectivity index (χ3n) is 5.90. The number of aryl methyl sites for hydroxylation is 1. The van der Waals surface area contributed by atoms with Gasteiger partial charge in [0.05, 0.1) is 12.5 Å². The molecule has 0 radical (unpaired) electrons. The highest BCUT2D eigenvalue weighted by atomic mass is 28.3. The molecule has 1 saturated heterocycles. The molecule has 2 rings (SSSR count). The van der Waals surface area contributed by atoms with Gasteiger partial charge in [-0.15, -0.1) is 0 Å². The molecule has 1 fully saturated rings. The first-order valence-electron chi connectivity index (χ1n) is 11.2. The van der Waals surface area contributed by atoms with Crippen molar-refractivity contribution in [2.24, 2.45) is 17.3 Å². The fraction of sp³-hybridized carbons (Fsp3) is 0.727. The fourth-order valence-corrected chi connectivity index (χ4v) is 4.53. The Balaban J connectivity index is 2.08. The smallest absolute Gasteiger partial charge is 0.409 e. The van der Waals surface area contributed by atoms with Gasteiger partial charge in [-0.3, -0.25) is 14.7 Å². The quantitative estimate of drug-likeness (QED) is 0.311. The maximum Gasteiger partial charge on any atom is 0.409 e. The molecule has 2 amide bonds. The molecular weight excluding hydrogens is 428 g/mol. The predicted octanol–water partition coefficient (Wildman–Crippen LogP) is 2.31. The summed E-state index contributed by atoms with van der Waals surface area (Å²) in [4.78, 5) is 38.6. The Morgan fingerprint density at radius 3 is 2.44 bits per heavy atom. The van der Waals surface area contributed by atoms with Gasteiger partial charge in [-0.05, 0) is 31.4 Å². The van der Waals surface area contributed by atoms with Crippen molar-refractivity contribution in [3.63, 3.8) is 0 Å². The van der Waals surface area contributed by atoms with Gasteiger partial charge < -0.3 is 19.4 Å². The average molecular weight is 467 g/mol. The molecule has 1 aliphatic heterocycles. The third kappa shape index (κ3) is 6.41. The van der Waals surface area contributed by atoms with Crippen molar-refractivity contribution in [1.82, 2.24) is 20.4 Å². The molecule has 1 aromatic rings. The summed E-state index contributed by atoms with van der Waals surface area (Å²) in [6, 6.07) is -0.243. The first kappa shape index (κ1) is 26.1. The maximum atomic E-state index is 13.1. The second kappa shape index (κ2) is 10.6. The summed E-state index contributed by atoms with van der Waals surface area (Å²) in [7, 11) is 2.00. The van der Waals surface area contributed by atoms with E-state index in [1.54, 1.807) is 14.1 Å².